The average molecular weight is 455 g/mol. The molecule has 0 N–H and O–H groups in total. The molecule has 2 aliphatic carbocycles. The van der Waals surface area contributed by atoms with Gasteiger partial charge in [0, 0.05) is 0 Å². The third kappa shape index (κ3) is 4.35. The Morgan fingerprint density at radius 3 is 1.04 bits per heavy atom. The molecule has 0 unspecified atom stereocenters. The fourth-order valence-corrected chi connectivity index (χ4v) is 4.58. The van der Waals surface area contributed by atoms with Crippen LogP contribution in [0.25, 0.3) is 0 Å². The van der Waals surface area contributed by atoms with Crippen molar-refractivity contribution in [3.63, 3.8) is 0 Å². The van der Waals surface area contributed by atoms with Crippen molar-refractivity contribution >= 4 is 0 Å². The van der Waals surface area contributed by atoms with Crippen molar-refractivity contribution < 1.29 is 26.2 Å². The maximum absolute atomic E-state index is 2.61. The first kappa shape index (κ1) is 27.2. The molecule has 0 heterocycles. The molecule has 0 saturated carbocycles. The minimum Gasteiger partial charge on any atom is -0.358 e. The van der Waals surface area contributed by atoms with Crippen LogP contribution in [0.4, 0.5) is 0 Å². The standard InChI is InChI=1S/C21H31.C5H5.CH3.Zr/c1-12-13(2)17(6)20(9,16(12)5)11-21(10)18(7)14(3)15(4)19(21)8;1-2-4-5-3-1;;/h11H,1-10H3;1-5H;1H3;/q3*-1;+3. The van der Waals surface area contributed by atoms with Gasteiger partial charge in [0.2, 0.25) is 0 Å². The smallest absolute Gasteiger partial charge is 0.358 e. The zero-order chi connectivity index (χ0) is 19.9. The molecular formula is C27H39Zr. The summed E-state index contributed by atoms with van der Waals surface area (Å²) in [7, 11) is 0. The van der Waals surface area contributed by atoms with Crippen molar-refractivity contribution in [3.05, 3.63) is 88.8 Å². The Kier molecular flexibility index (Phi) is 9.51. The molecule has 0 atom stereocenters. The van der Waals surface area contributed by atoms with Gasteiger partial charge < -0.3 is 13.8 Å². The largest absolute Gasteiger partial charge is 3.00 e. The summed E-state index contributed by atoms with van der Waals surface area (Å²) in [6.45, 7) is 23.1. The molecule has 1 heteroatoms. The van der Waals surface area contributed by atoms with E-state index in [-0.39, 0.29) is 44.5 Å². The van der Waals surface area contributed by atoms with Crippen LogP contribution in [0.15, 0.2) is 74.9 Å². The molecule has 0 spiro atoms. The van der Waals surface area contributed by atoms with E-state index in [2.05, 4.69) is 75.7 Å². The van der Waals surface area contributed by atoms with Crippen molar-refractivity contribution in [3.8, 4) is 0 Å². The molecule has 151 valence electrons. The average Bonchev–Trinajstić information content (AvgIpc) is 3.28. The Morgan fingerprint density at radius 1 is 0.607 bits per heavy atom. The van der Waals surface area contributed by atoms with E-state index in [1.807, 2.05) is 30.3 Å². The molecule has 0 aromatic heterocycles. The van der Waals surface area contributed by atoms with Crippen LogP contribution in [0.5, 0.6) is 0 Å². The summed E-state index contributed by atoms with van der Waals surface area (Å²) in [5, 5.41) is 0. The van der Waals surface area contributed by atoms with Crippen molar-refractivity contribution in [2.75, 3.05) is 0 Å². The maximum atomic E-state index is 2.61. The fourth-order valence-electron chi connectivity index (χ4n) is 4.58. The number of hydrogen-bond donors (Lipinski definition) is 0. The van der Waals surface area contributed by atoms with E-state index in [0.29, 0.717) is 0 Å². The predicted octanol–water partition coefficient (Wildman–Crippen LogP) is 8.43. The van der Waals surface area contributed by atoms with Crippen molar-refractivity contribution in [1.29, 1.82) is 0 Å². The van der Waals surface area contributed by atoms with Gasteiger partial charge in [-0.2, -0.15) is 18.2 Å². The molecule has 1 radical (unpaired) electrons. The predicted molar refractivity (Wildman–Crippen MR) is 122 cm³/mol. The summed E-state index contributed by atoms with van der Waals surface area (Å²) in [5.41, 5.74) is 12.1. The second-order valence-corrected chi connectivity index (χ2v) is 8.51. The van der Waals surface area contributed by atoms with Gasteiger partial charge >= 0.3 is 26.2 Å². The van der Waals surface area contributed by atoms with E-state index in [1.165, 1.54) is 44.6 Å². The molecule has 3 rings (SSSR count). The van der Waals surface area contributed by atoms with Crippen molar-refractivity contribution in [1.82, 2.24) is 0 Å². The number of rotatable bonds is 2. The van der Waals surface area contributed by atoms with E-state index >= 15 is 0 Å². The van der Waals surface area contributed by atoms with Gasteiger partial charge in [0.25, 0.3) is 0 Å². The van der Waals surface area contributed by atoms with Crippen LogP contribution in [0, 0.1) is 24.7 Å². The normalized spacial score (nSPS) is 20.1. The second kappa shape index (κ2) is 9.80. The van der Waals surface area contributed by atoms with Crippen LogP contribution in [-0.2, 0) is 26.2 Å². The quantitative estimate of drug-likeness (QED) is 0.393. The third-order valence-electron chi connectivity index (χ3n) is 7.62. The molecule has 1 aromatic rings. The molecule has 1 aromatic carbocycles. The molecule has 0 fully saturated rings. The van der Waals surface area contributed by atoms with Gasteiger partial charge in [-0.1, -0.05) is 58.4 Å². The van der Waals surface area contributed by atoms with Gasteiger partial charge in [0.1, 0.15) is 0 Å². The molecule has 28 heavy (non-hydrogen) atoms. The Labute approximate surface area is 194 Å². The first-order chi connectivity index (χ1) is 12.0. The molecule has 0 aliphatic heterocycles. The Balaban J connectivity index is 0.000000907. The van der Waals surface area contributed by atoms with Crippen LogP contribution in [0.3, 0.4) is 0 Å². The van der Waals surface area contributed by atoms with E-state index in [4.69, 9.17) is 0 Å². The first-order valence-electron chi connectivity index (χ1n) is 9.74. The first-order valence-corrected chi connectivity index (χ1v) is 9.74. The number of hydrogen-bond acceptors (Lipinski definition) is 0. The molecule has 2 aliphatic rings. The molecular weight excluding hydrogens is 416 g/mol. The summed E-state index contributed by atoms with van der Waals surface area (Å²) < 4.78 is 0. The summed E-state index contributed by atoms with van der Waals surface area (Å²) in [5.74, 6) is 0. The topological polar surface area (TPSA) is 0 Å². The molecule has 0 saturated heterocycles. The van der Waals surface area contributed by atoms with Gasteiger partial charge in [-0.3, -0.25) is 0 Å². The molecule has 0 bridgehead atoms. The van der Waals surface area contributed by atoms with E-state index in [0.717, 1.165) is 0 Å². The van der Waals surface area contributed by atoms with Crippen molar-refractivity contribution in [2.45, 2.75) is 69.2 Å². The van der Waals surface area contributed by atoms with E-state index in [9.17, 15) is 0 Å². The van der Waals surface area contributed by atoms with Crippen LogP contribution in [-0.4, -0.2) is 0 Å². The number of allylic oxidation sites excluding steroid dienone is 8. The second-order valence-electron chi connectivity index (χ2n) is 8.51. The van der Waals surface area contributed by atoms with E-state index < -0.39 is 0 Å². The zero-order valence-electron chi connectivity index (χ0n) is 20.0. The van der Waals surface area contributed by atoms with Crippen LogP contribution in [0.2, 0.25) is 0 Å². The van der Waals surface area contributed by atoms with Crippen molar-refractivity contribution in [2.24, 2.45) is 10.8 Å². The Morgan fingerprint density at radius 2 is 0.857 bits per heavy atom. The third-order valence-corrected chi connectivity index (χ3v) is 7.62. The zero-order valence-corrected chi connectivity index (χ0v) is 22.4. The van der Waals surface area contributed by atoms with Gasteiger partial charge in [-0.05, 0) is 55.4 Å². The van der Waals surface area contributed by atoms with E-state index in [1.54, 1.807) is 0 Å². The summed E-state index contributed by atoms with van der Waals surface area (Å²) >= 11 is 0. The Hall–Kier alpha value is -0.807. The SMILES string of the molecule is CC1=C(C)C(C)([CH-]C2(C)C(C)=C(C)C(C)=C2C)C(C)=C1C.[CH3-].[Zr+3].c1cc[cH-]c1. The minimum absolute atomic E-state index is 0. The minimum atomic E-state index is 0. The van der Waals surface area contributed by atoms with Crippen LogP contribution in [0.1, 0.15) is 69.2 Å². The van der Waals surface area contributed by atoms with Crippen LogP contribution < -0.4 is 0 Å². The van der Waals surface area contributed by atoms with Gasteiger partial charge in [0.05, 0.1) is 0 Å². The van der Waals surface area contributed by atoms with Crippen LogP contribution >= 0.6 is 0 Å². The summed E-state index contributed by atoms with van der Waals surface area (Å²) in [6, 6.07) is 10.0. The molecule has 0 amide bonds. The summed E-state index contributed by atoms with van der Waals surface area (Å²) in [6.07, 6.45) is 2.61. The van der Waals surface area contributed by atoms with Gasteiger partial charge in [-0.15, -0.1) is 10.8 Å². The monoisotopic (exact) mass is 453 g/mol. The maximum Gasteiger partial charge on any atom is 3.00 e. The Bertz CT molecular complexity index is 685. The fraction of sp³-hybridized carbons (Fsp3) is 0.444. The van der Waals surface area contributed by atoms with Gasteiger partial charge in [-0.25, -0.2) is 12.1 Å². The summed E-state index contributed by atoms with van der Waals surface area (Å²) in [4.78, 5) is 0. The molecule has 0 nitrogen and oxygen atoms in total. The van der Waals surface area contributed by atoms with Gasteiger partial charge in [0.15, 0.2) is 0 Å².